The van der Waals surface area contributed by atoms with Crippen molar-refractivity contribution >= 4 is 33.2 Å². The number of nitrogens with zero attached hydrogens (tertiary/aromatic N) is 1. The monoisotopic (exact) mass is 336 g/mol. The lowest BCUT2D eigenvalue weighted by Gasteiger charge is -2.14. The molecule has 0 spiro atoms. The summed E-state index contributed by atoms with van der Waals surface area (Å²) in [5, 5.41) is 9.89. The van der Waals surface area contributed by atoms with Crippen LogP contribution in [0.5, 0.6) is 0 Å². The molecule has 1 aromatic carbocycles. The Labute approximate surface area is 128 Å². The van der Waals surface area contributed by atoms with Gasteiger partial charge in [0.15, 0.2) is 0 Å². The second-order valence-electron chi connectivity index (χ2n) is 4.03. The average molecular weight is 337 g/mol. The van der Waals surface area contributed by atoms with Crippen LogP contribution in [-0.4, -0.2) is 39.2 Å². The first kappa shape index (κ1) is 17.2. The highest BCUT2D eigenvalue weighted by molar-refractivity contribution is 7.89. The largest absolute Gasteiger partial charge is 0.395 e. The molecule has 5 nitrogen and oxygen atoms in total. The Morgan fingerprint density at radius 1 is 1.30 bits per heavy atom. The molecule has 1 rings (SSSR count). The first-order chi connectivity index (χ1) is 9.27. The number of aliphatic hydroxyl groups excluding tert-OH is 1. The van der Waals surface area contributed by atoms with Crippen molar-refractivity contribution in [1.82, 2.24) is 9.84 Å². The second kappa shape index (κ2) is 7.27. The normalized spacial score (nSPS) is 11.3. The van der Waals surface area contributed by atoms with E-state index in [-0.39, 0.29) is 21.5 Å². The molecule has 2 N–H and O–H groups in total. The summed E-state index contributed by atoms with van der Waals surface area (Å²) in [7, 11) is -0.767. The summed E-state index contributed by atoms with van der Waals surface area (Å²) in [5.41, 5.74) is 0.484. The predicted molar refractivity (Wildman–Crippen MR) is 79.1 cm³/mol. The third-order valence-corrected chi connectivity index (χ3v) is 4.44. The fourth-order valence-electron chi connectivity index (χ4n) is 1.40. The van der Waals surface area contributed by atoms with Gasteiger partial charge in [-0.3, -0.25) is 0 Å². The van der Waals surface area contributed by atoms with Gasteiger partial charge in [0.2, 0.25) is 0 Å². The molecule has 0 unspecified atom stereocenters. The fraction of sp³-hybridized carbons (Fsp3) is 0.333. The lowest BCUT2D eigenvalue weighted by Crippen LogP contribution is -2.36. The number of hydrogen-bond acceptors (Lipinski definition) is 4. The zero-order chi connectivity index (χ0) is 15.3. The minimum absolute atomic E-state index is 0.0138. The van der Waals surface area contributed by atoms with Crippen LogP contribution >= 0.6 is 23.2 Å². The zero-order valence-corrected chi connectivity index (χ0v) is 13.3. The maximum Gasteiger partial charge on any atom is 0.256 e. The van der Waals surface area contributed by atoms with E-state index in [1.165, 1.54) is 31.2 Å². The number of halogens is 2. The molecular weight excluding hydrogens is 323 g/mol. The molecule has 0 atom stereocenters. The number of rotatable bonds is 4. The SMILES string of the molecule is CN(C)NS(=O)(=O)c1c(Cl)cc(C#CCCO)cc1Cl. The van der Waals surface area contributed by atoms with Gasteiger partial charge in [0, 0.05) is 26.1 Å². The van der Waals surface area contributed by atoms with E-state index in [2.05, 4.69) is 16.7 Å². The highest BCUT2D eigenvalue weighted by atomic mass is 35.5. The highest BCUT2D eigenvalue weighted by Crippen LogP contribution is 2.30. The van der Waals surface area contributed by atoms with E-state index in [4.69, 9.17) is 28.3 Å². The molecule has 20 heavy (non-hydrogen) atoms. The van der Waals surface area contributed by atoms with Gasteiger partial charge in [-0.2, -0.15) is 0 Å². The van der Waals surface area contributed by atoms with E-state index in [0.717, 1.165) is 0 Å². The Morgan fingerprint density at radius 3 is 2.30 bits per heavy atom. The predicted octanol–water partition coefficient (Wildman–Crippen LogP) is 1.48. The van der Waals surface area contributed by atoms with Gasteiger partial charge in [-0.25, -0.2) is 13.4 Å². The maximum absolute atomic E-state index is 12.1. The number of hydrazine groups is 1. The van der Waals surface area contributed by atoms with Crippen molar-refractivity contribution in [2.45, 2.75) is 11.3 Å². The van der Waals surface area contributed by atoms with E-state index >= 15 is 0 Å². The number of benzene rings is 1. The van der Waals surface area contributed by atoms with Gasteiger partial charge in [-0.05, 0) is 12.1 Å². The molecule has 0 aliphatic rings. The van der Waals surface area contributed by atoms with Crippen LogP contribution in [0.1, 0.15) is 12.0 Å². The van der Waals surface area contributed by atoms with Crippen molar-refractivity contribution in [2.24, 2.45) is 0 Å². The van der Waals surface area contributed by atoms with E-state index in [0.29, 0.717) is 12.0 Å². The Bertz CT molecular complexity index is 625. The number of aliphatic hydroxyl groups is 1. The van der Waals surface area contributed by atoms with Crippen LogP contribution in [0.4, 0.5) is 0 Å². The Morgan fingerprint density at radius 2 is 1.85 bits per heavy atom. The number of hydrogen-bond donors (Lipinski definition) is 2. The Kier molecular flexibility index (Phi) is 6.27. The third-order valence-electron chi connectivity index (χ3n) is 2.04. The molecular formula is C12H14Cl2N2O3S. The Balaban J connectivity index is 3.23. The minimum Gasteiger partial charge on any atom is -0.395 e. The van der Waals surface area contributed by atoms with Crippen LogP contribution in [-0.2, 0) is 10.0 Å². The van der Waals surface area contributed by atoms with Gasteiger partial charge in [0.05, 0.1) is 16.7 Å². The van der Waals surface area contributed by atoms with Gasteiger partial charge in [-0.15, -0.1) is 4.83 Å². The van der Waals surface area contributed by atoms with Crippen LogP contribution < -0.4 is 4.83 Å². The van der Waals surface area contributed by atoms with Gasteiger partial charge >= 0.3 is 0 Å². The topological polar surface area (TPSA) is 69.6 Å². The molecule has 0 saturated heterocycles. The van der Waals surface area contributed by atoms with Crippen molar-refractivity contribution in [3.63, 3.8) is 0 Å². The van der Waals surface area contributed by atoms with Gasteiger partial charge in [0.1, 0.15) is 4.90 Å². The van der Waals surface area contributed by atoms with Crippen LogP contribution in [0.3, 0.4) is 0 Å². The minimum atomic E-state index is -3.84. The second-order valence-corrected chi connectivity index (χ2v) is 6.45. The highest BCUT2D eigenvalue weighted by Gasteiger charge is 2.22. The van der Waals surface area contributed by atoms with Crippen LogP contribution in [0.2, 0.25) is 10.0 Å². The molecule has 110 valence electrons. The molecule has 8 heteroatoms. The van der Waals surface area contributed by atoms with Gasteiger partial charge in [-0.1, -0.05) is 35.0 Å². The lowest BCUT2D eigenvalue weighted by molar-refractivity contribution is 0.305. The Hall–Kier alpha value is -0.810. The molecule has 0 fully saturated rings. The third kappa shape index (κ3) is 4.63. The van der Waals surface area contributed by atoms with E-state index in [1.807, 2.05) is 0 Å². The summed E-state index contributed by atoms with van der Waals surface area (Å²) < 4.78 is 24.1. The lowest BCUT2D eigenvalue weighted by atomic mass is 10.2. The average Bonchev–Trinajstić information content (AvgIpc) is 2.25. The summed E-state index contributed by atoms with van der Waals surface area (Å²) in [5.74, 6) is 5.45. The first-order valence-electron chi connectivity index (χ1n) is 5.56. The summed E-state index contributed by atoms with van der Waals surface area (Å²) in [6.07, 6.45) is 0.317. The summed E-state index contributed by atoms with van der Waals surface area (Å²) in [6, 6.07) is 2.84. The molecule has 0 heterocycles. The molecule has 0 aromatic heterocycles. The van der Waals surface area contributed by atoms with E-state index < -0.39 is 10.0 Å². The fourth-order valence-corrected chi connectivity index (χ4v) is 3.70. The van der Waals surface area contributed by atoms with Crippen molar-refractivity contribution < 1.29 is 13.5 Å². The molecule has 0 saturated carbocycles. The number of sulfonamides is 1. The van der Waals surface area contributed by atoms with Gasteiger partial charge < -0.3 is 5.11 Å². The summed E-state index contributed by atoms with van der Waals surface area (Å²) in [6.45, 7) is -0.0479. The molecule has 1 aromatic rings. The molecule has 0 radical (unpaired) electrons. The van der Waals surface area contributed by atoms with Crippen LogP contribution in [0, 0.1) is 11.8 Å². The summed E-state index contributed by atoms with van der Waals surface area (Å²) in [4.78, 5) is 2.06. The van der Waals surface area contributed by atoms with Crippen LogP contribution in [0.15, 0.2) is 17.0 Å². The first-order valence-corrected chi connectivity index (χ1v) is 7.80. The summed E-state index contributed by atoms with van der Waals surface area (Å²) >= 11 is 12.0. The van der Waals surface area contributed by atoms with Crippen molar-refractivity contribution in [3.05, 3.63) is 27.7 Å². The molecule has 0 amide bonds. The molecule has 0 bridgehead atoms. The van der Waals surface area contributed by atoms with Crippen molar-refractivity contribution in [1.29, 1.82) is 0 Å². The molecule has 0 aliphatic carbocycles. The van der Waals surface area contributed by atoms with Crippen molar-refractivity contribution in [3.8, 4) is 11.8 Å². The van der Waals surface area contributed by atoms with Gasteiger partial charge in [0.25, 0.3) is 10.0 Å². The van der Waals surface area contributed by atoms with E-state index in [1.54, 1.807) is 0 Å². The number of nitrogens with one attached hydrogen (secondary N) is 1. The molecule has 0 aliphatic heterocycles. The quantitative estimate of drug-likeness (QED) is 0.645. The maximum atomic E-state index is 12.1. The zero-order valence-electron chi connectivity index (χ0n) is 10.9. The standard InChI is InChI=1S/C12H14Cl2N2O3S/c1-16(2)15-20(18,19)12-10(13)7-9(8-11(12)14)5-3-4-6-17/h7-8,15,17H,4,6H2,1-2H3. The van der Waals surface area contributed by atoms with Crippen molar-refractivity contribution in [2.75, 3.05) is 20.7 Å². The van der Waals surface area contributed by atoms with E-state index in [9.17, 15) is 8.42 Å². The smallest absolute Gasteiger partial charge is 0.256 e. The van der Waals surface area contributed by atoms with Crippen LogP contribution in [0.25, 0.3) is 0 Å².